The molecule has 2 N–H and O–H groups in total. The maximum Gasteiger partial charge on any atom is 0.216 e. The lowest BCUT2D eigenvalue weighted by molar-refractivity contribution is -0.118. The zero-order valence-corrected chi connectivity index (χ0v) is 16.5. The summed E-state index contributed by atoms with van der Waals surface area (Å²) in [4.78, 5) is 9.70. The van der Waals surface area contributed by atoms with Gasteiger partial charge in [-0.1, -0.05) is 56.3 Å². The molecule has 142 valence electrons. The molecule has 0 aromatic heterocycles. The first-order valence-electron chi connectivity index (χ1n) is 8.89. The highest BCUT2D eigenvalue weighted by molar-refractivity contribution is 5.93. The standard InChI is InChI=1S/C17H14N2O.C3H7NO.C2H6/c1-12-11-13-7-5-6-10-15(13)17(20)16(12)19-18-14-8-3-2-4-9-14;1-3(5)4-2;1-2/h2-11,20H,1H3;1-2H3,(H,4,5);1-2H3. The second kappa shape index (κ2) is 11.4. The molecule has 0 aliphatic rings. The number of carbonyl (C=O) groups excluding carboxylic acids is 1. The smallest absolute Gasteiger partial charge is 0.216 e. The number of hydrogen-bond acceptors (Lipinski definition) is 4. The minimum absolute atomic E-state index is 0.00463. The fraction of sp³-hybridized carbons (Fsp3) is 0.227. The molecule has 1 amide bonds. The van der Waals surface area contributed by atoms with Gasteiger partial charge in [0.25, 0.3) is 0 Å². The fourth-order valence-corrected chi connectivity index (χ4v) is 2.18. The average Bonchev–Trinajstić information content (AvgIpc) is 2.70. The molecule has 0 saturated carbocycles. The van der Waals surface area contributed by atoms with Crippen molar-refractivity contribution in [2.24, 2.45) is 10.2 Å². The van der Waals surface area contributed by atoms with Crippen molar-refractivity contribution in [2.75, 3.05) is 7.05 Å². The van der Waals surface area contributed by atoms with E-state index in [9.17, 15) is 9.90 Å². The minimum atomic E-state index is 0.00463. The van der Waals surface area contributed by atoms with Crippen molar-refractivity contribution in [3.05, 3.63) is 66.2 Å². The number of carbonyl (C=O) groups is 1. The van der Waals surface area contributed by atoms with Gasteiger partial charge in [0, 0.05) is 19.4 Å². The van der Waals surface area contributed by atoms with Crippen LogP contribution in [0.25, 0.3) is 10.8 Å². The van der Waals surface area contributed by atoms with Gasteiger partial charge in [0.15, 0.2) is 5.75 Å². The van der Waals surface area contributed by atoms with Crippen LogP contribution in [0.4, 0.5) is 11.4 Å². The van der Waals surface area contributed by atoms with E-state index in [-0.39, 0.29) is 11.7 Å². The van der Waals surface area contributed by atoms with E-state index in [1.807, 2.05) is 81.4 Å². The van der Waals surface area contributed by atoms with E-state index in [0.717, 1.165) is 22.0 Å². The van der Waals surface area contributed by atoms with Crippen molar-refractivity contribution in [3.63, 3.8) is 0 Å². The van der Waals surface area contributed by atoms with Crippen molar-refractivity contribution in [1.29, 1.82) is 0 Å². The first-order chi connectivity index (χ1) is 13.0. The molecular weight excluding hydrogens is 338 g/mol. The van der Waals surface area contributed by atoms with Gasteiger partial charge in [0.2, 0.25) is 5.91 Å². The lowest BCUT2D eigenvalue weighted by Crippen LogP contribution is -2.11. The number of azo groups is 1. The van der Waals surface area contributed by atoms with E-state index < -0.39 is 0 Å². The summed E-state index contributed by atoms with van der Waals surface area (Å²) < 4.78 is 0. The van der Waals surface area contributed by atoms with Gasteiger partial charge in [0.1, 0.15) is 5.69 Å². The van der Waals surface area contributed by atoms with E-state index in [2.05, 4.69) is 15.5 Å². The Morgan fingerprint density at radius 2 is 1.52 bits per heavy atom. The van der Waals surface area contributed by atoms with Gasteiger partial charge in [-0.05, 0) is 36.1 Å². The number of aromatic hydroxyl groups is 1. The minimum Gasteiger partial charge on any atom is -0.505 e. The van der Waals surface area contributed by atoms with Gasteiger partial charge in [-0.2, -0.15) is 5.11 Å². The molecular formula is C22H27N3O2. The number of nitrogens with zero attached hydrogens (tertiary/aromatic N) is 2. The van der Waals surface area contributed by atoms with E-state index in [1.54, 1.807) is 7.05 Å². The Labute approximate surface area is 160 Å². The number of nitrogens with one attached hydrogen (secondary N) is 1. The quantitative estimate of drug-likeness (QED) is 0.543. The zero-order chi connectivity index (χ0) is 20.2. The van der Waals surface area contributed by atoms with Crippen molar-refractivity contribution in [2.45, 2.75) is 27.7 Å². The van der Waals surface area contributed by atoms with Crippen LogP contribution in [0.1, 0.15) is 26.3 Å². The third-order valence-corrected chi connectivity index (χ3v) is 3.56. The highest BCUT2D eigenvalue weighted by Crippen LogP contribution is 2.38. The Kier molecular flexibility index (Phi) is 9.23. The van der Waals surface area contributed by atoms with Crippen LogP contribution < -0.4 is 5.32 Å². The summed E-state index contributed by atoms with van der Waals surface area (Å²) in [5.41, 5.74) is 2.19. The summed E-state index contributed by atoms with van der Waals surface area (Å²) in [7, 11) is 1.60. The number of fused-ring (bicyclic) bond motifs is 1. The molecule has 5 nitrogen and oxygen atoms in total. The first kappa shape index (κ1) is 21.8. The molecule has 3 rings (SSSR count). The van der Waals surface area contributed by atoms with Crippen LogP contribution in [0.2, 0.25) is 0 Å². The summed E-state index contributed by atoms with van der Waals surface area (Å²) in [6, 6.07) is 19.2. The van der Waals surface area contributed by atoms with E-state index in [0.29, 0.717) is 5.69 Å². The number of phenolic OH excluding ortho intramolecular Hbond substituents is 1. The zero-order valence-electron chi connectivity index (χ0n) is 16.5. The van der Waals surface area contributed by atoms with Gasteiger partial charge in [0.05, 0.1) is 5.69 Å². The first-order valence-corrected chi connectivity index (χ1v) is 8.89. The number of phenols is 1. The lowest BCUT2D eigenvalue weighted by Gasteiger charge is -2.07. The van der Waals surface area contributed by atoms with E-state index >= 15 is 0 Å². The maximum atomic E-state index is 10.4. The molecule has 27 heavy (non-hydrogen) atoms. The summed E-state index contributed by atoms with van der Waals surface area (Å²) in [5.74, 6) is 0.185. The molecule has 0 saturated heterocycles. The Morgan fingerprint density at radius 3 is 2.11 bits per heavy atom. The third-order valence-electron chi connectivity index (χ3n) is 3.56. The number of benzene rings is 3. The molecule has 0 aliphatic carbocycles. The molecule has 0 aliphatic heterocycles. The predicted molar refractivity (Wildman–Crippen MR) is 112 cm³/mol. The summed E-state index contributed by atoms with van der Waals surface area (Å²) in [6.45, 7) is 7.39. The van der Waals surface area contributed by atoms with Crippen molar-refractivity contribution in [1.82, 2.24) is 5.32 Å². The van der Waals surface area contributed by atoms with Gasteiger partial charge < -0.3 is 10.4 Å². The largest absolute Gasteiger partial charge is 0.505 e. The SMILES string of the molecule is CC.CNC(C)=O.Cc1cc2ccccc2c(O)c1N=Nc1ccccc1. The van der Waals surface area contributed by atoms with Crippen molar-refractivity contribution in [3.8, 4) is 5.75 Å². The summed E-state index contributed by atoms with van der Waals surface area (Å²) in [6.07, 6.45) is 0. The van der Waals surface area contributed by atoms with Crippen LogP contribution in [-0.4, -0.2) is 18.1 Å². The van der Waals surface area contributed by atoms with Crippen molar-refractivity contribution < 1.29 is 9.90 Å². The highest BCUT2D eigenvalue weighted by atomic mass is 16.3. The van der Waals surface area contributed by atoms with Crippen LogP contribution in [0, 0.1) is 6.92 Å². The molecule has 5 heteroatoms. The Hall–Kier alpha value is -3.21. The molecule has 0 bridgehead atoms. The molecule has 0 spiro atoms. The normalized spacial score (nSPS) is 9.81. The lowest BCUT2D eigenvalue weighted by atomic mass is 10.0. The summed E-state index contributed by atoms with van der Waals surface area (Å²) >= 11 is 0. The Bertz CT molecular complexity index is 891. The third kappa shape index (κ3) is 6.55. The van der Waals surface area contributed by atoms with Crippen molar-refractivity contribution >= 4 is 28.1 Å². The molecule has 3 aromatic rings. The van der Waals surface area contributed by atoms with Gasteiger partial charge in [-0.3, -0.25) is 4.79 Å². The average molecular weight is 365 g/mol. The number of amides is 1. The number of rotatable bonds is 2. The highest BCUT2D eigenvalue weighted by Gasteiger charge is 2.09. The second-order valence-corrected chi connectivity index (χ2v) is 5.45. The monoisotopic (exact) mass is 365 g/mol. The second-order valence-electron chi connectivity index (χ2n) is 5.45. The van der Waals surface area contributed by atoms with Gasteiger partial charge in [-0.15, -0.1) is 5.11 Å². The van der Waals surface area contributed by atoms with Crippen LogP contribution in [0.3, 0.4) is 0 Å². The van der Waals surface area contributed by atoms with Gasteiger partial charge in [-0.25, -0.2) is 0 Å². The van der Waals surface area contributed by atoms with Crippen LogP contribution in [0.15, 0.2) is 70.9 Å². The van der Waals surface area contributed by atoms with E-state index in [1.165, 1.54) is 6.92 Å². The number of aryl methyl sites for hydroxylation is 1. The topological polar surface area (TPSA) is 74.0 Å². The molecule has 0 radical (unpaired) electrons. The Balaban J connectivity index is 0.000000454. The van der Waals surface area contributed by atoms with Crippen LogP contribution in [-0.2, 0) is 4.79 Å². The molecule has 0 fully saturated rings. The predicted octanol–water partition coefficient (Wildman–Crippen LogP) is 6.05. The number of hydrogen-bond donors (Lipinski definition) is 2. The fourth-order valence-electron chi connectivity index (χ4n) is 2.18. The molecule has 3 aromatic carbocycles. The summed E-state index contributed by atoms with van der Waals surface area (Å²) in [5, 5.41) is 22.9. The van der Waals surface area contributed by atoms with Crippen LogP contribution in [0.5, 0.6) is 5.75 Å². The Morgan fingerprint density at radius 1 is 0.963 bits per heavy atom. The van der Waals surface area contributed by atoms with Gasteiger partial charge >= 0.3 is 0 Å². The molecule has 0 heterocycles. The van der Waals surface area contributed by atoms with E-state index in [4.69, 9.17) is 0 Å². The molecule has 0 atom stereocenters. The maximum absolute atomic E-state index is 10.4. The molecule has 0 unspecified atom stereocenters. The van der Waals surface area contributed by atoms with Crippen LogP contribution >= 0.6 is 0 Å².